The first-order chi connectivity index (χ1) is 31.5. The largest absolute Gasteiger partial charge is 0.455 e. The molecule has 2 aromatic heterocycles. The maximum atomic E-state index is 7.14. The maximum absolute atomic E-state index is 7.14. The predicted octanol–water partition coefficient (Wildman–Crippen LogP) is 17.9. The lowest BCUT2D eigenvalue weighted by molar-refractivity contribution is 0.660. The van der Waals surface area contributed by atoms with Crippen LogP contribution in [-0.4, -0.2) is 0 Å². The Morgan fingerprint density at radius 2 is 1.06 bits per heavy atom. The minimum Gasteiger partial charge on any atom is -0.455 e. The lowest BCUT2D eigenvalue weighted by atomic mass is 9.81. The second-order valence-electron chi connectivity index (χ2n) is 17.6. The van der Waals surface area contributed by atoms with Gasteiger partial charge in [0, 0.05) is 47.9 Å². The summed E-state index contributed by atoms with van der Waals surface area (Å²) >= 11 is 1.87. The Bertz CT molecular complexity index is 3800. The Morgan fingerprint density at radius 1 is 0.438 bits per heavy atom. The zero-order valence-electron chi connectivity index (χ0n) is 35.5. The summed E-state index contributed by atoms with van der Waals surface area (Å²) in [5.41, 5.74) is 17.3. The molecule has 64 heavy (non-hydrogen) atoms. The van der Waals surface area contributed by atoms with E-state index in [4.69, 9.17) is 4.42 Å². The van der Waals surface area contributed by atoms with Crippen LogP contribution in [0.5, 0.6) is 0 Å². The third kappa shape index (κ3) is 5.57. The second-order valence-corrected chi connectivity index (χ2v) is 18.7. The van der Waals surface area contributed by atoms with Crippen LogP contribution in [0.1, 0.15) is 25.0 Å². The van der Waals surface area contributed by atoms with Gasteiger partial charge in [-0.2, -0.15) is 0 Å². The molecule has 0 radical (unpaired) electrons. The Hall–Kier alpha value is -7.72. The topological polar surface area (TPSA) is 16.4 Å². The first kappa shape index (κ1) is 36.9. The minimum absolute atomic E-state index is 0.122. The van der Waals surface area contributed by atoms with Gasteiger partial charge in [-0.05, 0) is 115 Å². The fraction of sp³-hybridized carbons (Fsp3) is 0.0492. The zero-order valence-corrected chi connectivity index (χ0v) is 36.3. The normalized spacial score (nSPS) is 13.0. The van der Waals surface area contributed by atoms with Crippen LogP contribution in [-0.2, 0) is 5.41 Å². The molecule has 0 N–H and O–H groups in total. The van der Waals surface area contributed by atoms with Crippen LogP contribution in [0.25, 0.3) is 97.4 Å². The fourth-order valence-corrected chi connectivity index (χ4v) is 11.8. The molecule has 0 saturated carbocycles. The number of nitrogens with zero attached hydrogens (tertiary/aromatic N) is 1. The molecule has 0 fully saturated rings. The molecule has 12 aromatic rings. The molecule has 3 heteroatoms. The first-order valence-electron chi connectivity index (χ1n) is 22.1. The Labute approximate surface area is 375 Å². The minimum atomic E-state index is -0.122. The van der Waals surface area contributed by atoms with Gasteiger partial charge >= 0.3 is 0 Å². The van der Waals surface area contributed by atoms with Crippen LogP contribution in [0.15, 0.2) is 217 Å². The standard InChI is InChI=1S/C61H41NOS/c1-61(2)52-22-10-8-18-47(52)48-35-30-42(37-53(48)61)57-45-17-7-6-16-41(45)36-51-58-54(23-13-24-55(58)63-59(51)57)62(43-31-26-39(27-32-43)38-14-4-3-5-15-38)44-33-28-40(29-34-44)46-20-12-21-50-49-19-9-11-25-56(49)64-60(46)50/h3-37H,1-2H3. The van der Waals surface area contributed by atoms with Crippen molar-refractivity contribution in [3.8, 4) is 44.5 Å². The third-order valence-electron chi connectivity index (χ3n) is 13.7. The molecule has 0 unspecified atom stereocenters. The molecule has 2 nitrogen and oxygen atoms in total. The first-order valence-corrected chi connectivity index (χ1v) is 22.9. The smallest absolute Gasteiger partial charge is 0.143 e. The van der Waals surface area contributed by atoms with Crippen molar-refractivity contribution in [2.45, 2.75) is 19.3 Å². The molecule has 0 bridgehead atoms. The molecule has 0 atom stereocenters. The number of anilines is 3. The van der Waals surface area contributed by atoms with Gasteiger partial charge in [0.05, 0.1) is 11.1 Å². The van der Waals surface area contributed by atoms with E-state index < -0.39 is 0 Å². The highest BCUT2D eigenvalue weighted by atomic mass is 32.1. The highest BCUT2D eigenvalue weighted by Gasteiger charge is 2.35. The molecule has 2 heterocycles. The van der Waals surface area contributed by atoms with E-state index >= 15 is 0 Å². The Kier molecular flexibility index (Phi) is 8.16. The SMILES string of the molecule is CC1(C)c2ccccc2-c2ccc(-c3c4ccccc4cc4c3oc3cccc(N(c5ccc(-c6ccccc6)cc5)c5ccc(-c6cccc7c6sc6ccccc67)cc5)c34)cc21. The number of fused-ring (bicyclic) bond motifs is 10. The average molecular weight is 836 g/mol. The molecule has 1 aliphatic rings. The van der Waals surface area contributed by atoms with Gasteiger partial charge < -0.3 is 9.32 Å². The Balaban J connectivity index is 1.01. The van der Waals surface area contributed by atoms with E-state index in [0.717, 1.165) is 44.6 Å². The van der Waals surface area contributed by atoms with Gasteiger partial charge in [-0.15, -0.1) is 11.3 Å². The summed E-state index contributed by atoms with van der Waals surface area (Å²) in [4.78, 5) is 2.40. The van der Waals surface area contributed by atoms with Crippen LogP contribution in [0, 0.1) is 0 Å². The Morgan fingerprint density at radius 3 is 1.89 bits per heavy atom. The van der Waals surface area contributed by atoms with Gasteiger partial charge in [-0.1, -0.05) is 172 Å². The van der Waals surface area contributed by atoms with Crippen LogP contribution < -0.4 is 4.90 Å². The average Bonchev–Trinajstić information content (AvgIpc) is 3.99. The fourth-order valence-electron chi connectivity index (χ4n) is 10.6. The monoisotopic (exact) mass is 835 g/mol. The van der Waals surface area contributed by atoms with Gasteiger partial charge in [0.2, 0.25) is 0 Å². The van der Waals surface area contributed by atoms with Crippen molar-refractivity contribution in [3.05, 3.63) is 223 Å². The molecule has 0 aliphatic heterocycles. The summed E-state index contributed by atoms with van der Waals surface area (Å²) in [6.07, 6.45) is 0. The lowest BCUT2D eigenvalue weighted by Crippen LogP contribution is -2.14. The molecule has 0 amide bonds. The molecule has 13 rings (SSSR count). The number of thiophene rings is 1. The summed E-state index contributed by atoms with van der Waals surface area (Å²) in [5, 5.41) is 7.17. The van der Waals surface area contributed by atoms with E-state index in [9.17, 15) is 0 Å². The quantitative estimate of drug-likeness (QED) is 0.166. The lowest BCUT2D eigenvalue weighted by Gasteiger charge is -2.27. The third-order valence-corrected chi connectivity index (χ3v) is 14.9. The summed E-state index contributed by atoms with van der Waals surface area (Å²) < 4.78 is 9.77. The molecular weight excluding hydrogens is 795 g/mol. The zero-order chi connectivity index (χ0) is 42.5. The number of benzene rings is 10. The van der Waals surface area contributed by atoms with E-state index in [0.29, 0.717) is 0 Å². The summed E-state index contributed by atoms with van der Waals surface area (Å²) in [6.45, 7) is 4.71. The van der Waals surface area contributed by atoms with Crippen molar-refractivity contribution in [2.75, 3.05) is 4.90 Å². The van der Waals surface area contributed by atoms with Gasteiger partial charge in [0.25, 0.3) is 0 Å². The van der Waals surface area contributed by atoms with E-state index in [1.165, 1.54) is 81.0 Å². The van der Waals surface area contributed by atoms with Crippen molar-refractivity contribution >= 4 is 81.3 Å². The molecule has 302 valence electrons. The highest BCUT2D eigenvalue weighted by Crippen LogP contribution is 2.52. The van der Waals surface area contributed by atoms with E-state index in [-0.39, 0.29) is 5.41 Å². The van der Waals surface area contributed by atoms with Gasteiger partial charge in [-0.25, -0.2) is 0 Å². The molecule has 0 spiro atoms. The molecule has 10 aromatic carbocycles. The molecule has 1 aliphatic carbocycles. The van der Waals surface area contributed by atoms with E-state index in [1.807, 2.05) is 11.3 Å². The number of hydrogen-bond acceptors (Lipinski definition) is 3. The van der Waals surface area contributed by atoms with Crippen LogP contribution in [0.3, 0.4) is 0 Å². The van der Waals surface area contributed by atoms with Gasteiger partial charge in [0.1, 0.15) is 11.2 Å². The molecular formula is C61H41NOS. The number of rotatable bonds is 6. The highest BCUT2D eigenvalue weighted by molar-refractivity contribution is 7.26. The summed E-state index contributed by atoms with van der Waals surface area (Å²) in [7, 11) is 0. The maximum Gasteiger partial charge on any atom is 0.143 e. The van der Waals surface area contributed by atoms with Crippen molar-refractivity contribution in [3.63, 3.8) is 0 Å². The van der Waals surface area contributed by atoms with E-state index in [2.05, 4.69) is 231 Å². The number of hydrogen-bond donors (Lipinski definition) is 0. The van der Waals surface area contributed by atoms with Crippen LogP contribution >= 0.6 is 11.3 Å². The van der Waals surface area contributed by atoms with Gasteiger partial charge in [0.15, 0.2) is 0 Å². The second kappa shape index (κ2) is 14.2. The molecule has 0 saturated heterocycles. The van der Waals surface area contributed by atoms with Crippen molar-refractivity contribution in [1.29, 1.82) is 0 Å². The van der Waals surface area contributed by atoms with Gasteiger partial charge in [-0.3, -0.25) is 0 Å². The van der Waals surface area contributed by atoms with Crippen LogP contribution in [0.2, 0.25) is 0 Å². The summed E-state index contributed by atoms with van der Waals surface area (Å²) in [5.74, 6) is 0. The predicted molar refractivity (Wildman–Crippen MR) is 273 cm³/mol. The van der Waals surface area contributed by atoms with Crippen molar-refractivity contribution in [2.24, 2.45) is 0 Å². The van der Waals surface area contributed by atoms with Crippen molar-refractivity contribution < 1.29 is 4.42 Å². The van der Waals surface area contributed by atoms with Crippen molar-refractivity contribution in [1.82, 2.24) is 0 Å². The number of furan rings is 1. The summed E-state index contributed by atoms with van der Waals surface area (Å²) in [6, 6.07) is 77.7. The van der Waals surface area contributed by atoms with E-state index in [1.54, 1.807) is 0 Å². The van der Waals surface area contributed by atoms with Crippen LogP contribution in [0.4, 0.5) is 17.1 Å².